The Balaban J connectivity index is 2.48. The standard InChI is InChI=1S/C14H22N2O2/c1-3-18-13-9-5-4-8-12(13)16-14(17)10-6-7-11(2)15/h4-5,8-9,11H,3,6-7,10,15H2,1-2H3,(H,16,17). The van der Waals surface area contributed by atoms with Gasteiger partial charge in [-0.05, 0) is 38.8 Å². The van der Waals surface area contributed by atoms with Gasteiger partial charge in [-0.2, -0.15) is 0 Å². The normalized spacial score (nSPS) is 11.9. The van der Waals surface area contributed by atoms with E-state index in [0.717, 1.165) is 18.5 Å². The number of hydrogen-bond donors (Lipinski definition) is 2. The Bertz CT molecular complexity index is 378. The highest BCUT2D eigenvalue weighted by atomic mass is 16.5. The van der Waals surface area contributed by atoms with Crippen LogP contribution >= 0.6 is 0 Å². The van der Waals surface area contributed by atoms with Gasteiger partial charge in [0.05, 0.1) is 12.3 Å². The van der Waals surface area contributed by atoms with Crippen LogP contribution in [0.5, 0.6) is 5.75 Å². The lowest BCUT2D eigenvalue weighted by atomic mass is 10.1. The van der Waals surface area contributed by atoms with Crippen molar-refractivity contribution in [2.45, 2.75) is 39.2 Å². The van der Waals surface area contributed by atoms with Gasteiger partial charge < -0.3 is 15.8 Å². The number of hydrogen-bond acceptors (Lipinski definition) is 3. The summed E-state index contributed by atoms with van der Waals surface area (Å²) in [5, 5.41) is 2.86. The number of nitrogens with two attached hydrogens (primary N) is 1. The number of amides is 1. The van der Waals surface area contributed by atoms with E-state index in [4.69, 9.17) is 10.5 Å². The first-order valence-corrected chi connectivity index (χ1v) is 6.40. The van der Waals surface area contributed by atoms with Crippen molar-refractivity contribution in [3.8, 4) is 5.75 Å². The van der Waals surface area contributed by atoms with Gasteiger partial charge in [0.1, 0.15) is 5.75 Å². The average molecular weight is 250 g/mol. The summed E-state index contributed by atoms with van der Waals surface area (Å²) in [4.78, 5) is 11.7. The van der Waals surface area contributed by atoms with Crippen molar-refractivity contribution in [1.29, 1.82) is 0 Å². The van der Waals surface area contributed by atoms with Crippen LogP contribution in [0, 0.1) is 0 Å². The molecule has 1 amide bonds. The number of carbonyl (C=O) groups excluding carboxylic acids is 1. The third-order valence-corrected chi connectivity index (χ3v) is 2.52. The highest BCUT2D eigenvalue weighted by molar-refractivity contribution is 5.92. The van der Waals surface area contributed by atoms with Crippen molar-refractivity contribution < 1.29 is 9.53 Å². The molecule has 0 aliphatic heterocycles. The molecule has 100 valence electrons. The van der Waals surface area contributed by atoms with Gasteiger partial charge in [-0.3, -0.25) is 4.79 Å². The number of rotatable bonds is 7. The predicted octanol–water partition coefficient (Wildman–Crippen LogP) is 2.54. The molecule has 0 saturated heterocycles. The van der Waals surface area contributed by atoms with Crippen LogP contribution in [0.4, 0.5) is 5.69 Å². The largest absolute Gasteiger partial charge is 0.492 e. The Morgan fingerprint density at radius 3 is 2.83 bits per heavy atom. The summed E-state index contributed by atoms with van der Waals surface area (Å²) in [5.74, 6) is 0.711. The van der Waals surface area contributed by atoms with Crippen molar-refractivity contribution in [2.75, 3.05) is 11.9 Å². The second-order valence-electron chi connectivity index (χ2n) is 4.35. The zero-order valence-corrected chi connectivity index (χ0v) is 11.1. The lowest BCUT2D eigenvalue weighted by Crippen LogP contribution is -2.17. The molecule has 1 rings (SSSR count). The summed E-state index contributed by atoms with van der Waals surface area (Å²) < 4.78 is 5.45. The van der Waals surface area contributed by atoms with E-state index in [-0.39, 0.29) is 11.9 Å². The van der Waals surface area contributed by atoms with Crippen molar-refractivity contribution >= 4 is 11.6 Å². The highest BCUT2D eigenvalue weighted by Gasteiger charge is 2.07. The van der Waals surface area contributed by atoms with Crippen molar-refractivity contribution in [2.24, 2.45) is 5.73 Å². The first kappa shape index (κ1) is 14.5. The van der Waals surface area contributed by atoms with Gasteiger partial charge in [0, 0.05) is 12.5 Å². The van der Waals surface area contributed by atoms with Gasteiger partial charge in [0.2, 0.25) is 5.91 Å². The quantitative estimate of drug-likeness (QED) is 0.781. The average Bonchev–Trinajstić information content (AvgIpc) is 2.31. The zero-order chi connectivity index (χ0) is 13.4. The van der Waals surface area contributed by atoms with Crippen molar-refractivity contribution in [3.63, 3.8) is 0 Å². The van der Waals surface area contributed by atoms with Crippen LogP contribution < -0.4 is 15.8 Å². The summed E-state index contributed by atoms with van der Waals surface area (Å²) in [5.41, 5.74) is 6.37. The van der Waals surface area contributed by atoms with E-state index < -0.39 is 0 Å². The summed E-state index contributed by atoms with van der Waals surface area (Å²) in [7, 11) is 0. The minimum absolute atomic E-state index is 0.00260. The molecule has 18 heavy (non-hydrogen) atoms. The van der Waals surface area contributed by atoms with E-state index in [1.54, 1.807) is 0 Å². The fourth-order valence-corrected chi connectivity index (χ4v) is 1.65. The fourth-order valence-electron chi connectivity index (χ4n) is 1.65. The van der Waals surface area contributed by atoms with Crippen molar-refractivity contribution in [1.82, 2.24) is 0 Å². The van der Waals surface area contributed by atoms with E-state index in [0.29, 0.717) is 18.8 Å². The number of nitrogens with one attached hydrogen (secondary N) is 1. The second-order valence-corrected chi connectivity index (χ2v) is 4.35. The molecule has 0 heterocycles. The maximum absolute atomic E-state index is 11.7. The van der Waals surface area contributed by atoms with E-state index in [2.05, 4.69) is 5.32 Å². The maximum atomic E-state index is 11.7. The number of benzene rings is 1. The molecule has 4 heteroatoms. The summed E-state index contributed by atoms with van der Waals surface area (Å²) in [6, 6.07) is 7.60. The van der Waals surface area contributed by atoms with Crippen LogP contribution in [0.15, 0.2) is 24.3 Å². The highest BCUT2D eigenvalue weighted by Crippen LogP contribution is 2.23. The second kappa shape index (κ2) is 7.71. The molecule has 3 N–H and O–H groups in total. The first-order chi connectivity index (χ1) is 8.63. The zero-order valence-electron chi connectivity index (χ0n) is 11.1. The molecule has 0 aromatic heterocycles. The van der Waals surface area contributed by atoms with Gasteiger partial charge in [0.15, 0.2) is 0 Å². The number of carbonyl (C=O) groups is 1. The van der Waals surface area contributed by atoms with Gasteiger partial charge in [0.25, 0.3) is 0 Å². The molecule has 0 spiro atoms. The van der Waals surface area contributed by atoms with E-state index in [1.807, 2.05) is 38.1 Å². The number of anilines is 1. The molecule has 1 aromatic carbocycles. The van der Waals surface area contributed by atoms with Crippen molar-refractivity contribution in [3.05, 3.63) is 24.3 Å². The Labute approximate surface area is 109 Å². The Hall–Kier alpha value is -1.55. The monoisotopic (exact) mass is 250 g/mol. The molecule has 0 fully saturated rings. The third-order valence-electron chi connectivity index (χ3n) is 2.52. The summed E-state index contributed by atoms with van der Waals surface area (Å²) >= 11 is 0. The summed E-state index contributed by atoms with van der Waals surface area (Å²) in [6.45, 7) is 4.45. The Morgan fingerprint density at radius 2 is 2.17 bits per heavy atom. The minimum atomic E-state index is 0.00260. The molecule has 0 aliphatic carbocycles. The molecule has 1 aromatic rings. The third kappa shape index (κ3) is 5.19. The smallest absolute Gasteiger partial charge is 0.224 e. The van der Waals surface area contributed by atoms with Crippen LogP contribution in [0.1, 0.15) is 33.1 Å². The molecule has 0 radical (unpaired) electrons. The number of ether oxygens (including phenoxy) is 1. The molecule has 1 unspecified atom stereocenters. The van der Waals surface area contributed by atoms with Gasteiger partial charge in [-0.1, -0.05) is 12.1 Å². The predicted molar refractivity (Wildman–Crippen MR) is 73.7 cm³/mol. The van der Waals surface area contributed by atoms with E-state index >= 15 is 0 Å². The van der Waals surface area contributed by atoms with Crippen LogP contribution in [0.2, 0.25) is 0 Å². The van der Waals surface area contributed by atoms with Crippen LogP contribution in [-0.4, -0.2) is 18.6 Å². The maximum Gasteiger partial charge on any atom is 0.224 e. The Kier molecular flexibility index (Phi) is 6.22. The molecule has 0 saturated carbocycles. The van der Waals surface area contributed by atoms with Crippen LogP contribution in [0.3, 0.4) is 0 Å². The van der Waals surface area contributed by atoms with E-state index in [1.165, 1.54) is 0 Å². The minimum Gasteiger partial charge on any atom is -0.492 e. The van der Waals surface area contributed by atoms with Crippen LogP contribution in [-0.2, 0) is 4.79 Å². The summed E-state index contributed by atoms with van der Waals surface area (Å²) in [6.07, 6.45) is 2.16. The van der Waals surface area contributed by atoms with Gasteiger partial charge in [-0.15, -0.1) is 0 Å². The molecular weight excluding hydrogens is 228 g/mol. The molecule has 0 bridgehead atoms. The molecule has 4 nitrogen and oxygen atoms in total. The lowest BCUT2D eigenvalue weighted by Gasteiger charge is -2.11. The van der Waals surface area contributed by atoms with Gasteiger partial charge >= 0.3 is 0 Å². The van der Waals surface area contributed by atoms with Gasteiger partial charge in [-0.25, -0.2) is 0 Å². The fraction of sp³-hybridized carbons (Fsp3) is 0.500. The topological polar surface area (TPSA) is 64.3 Å². The number of para-hydroxylation sites is 2. The van der Waals surface area contributed by atoms with Crippen LogP contribution in [0.25, 0.3) is 0 Å². The molecular formula is C14H22N2O2. The molecule has 0 aliphatic rings. The molecule has 1 atom stereocenters. The Morgan fingerprint density at radius 1 is 1.44 bits per heavy atom. The van der Waals surface area contributed by atoms with E-state index in [9.17, 15) is 4.79 Å². The SMILES string of the molecule is CCOc1ccccc1NC(=O)CCCC(C)N. The first-order valence-electron chi connectivity index (χ1n) is 6.40. The lowest BCUT2D eigenvalue weighted by molar-refractivity contribution is -0.116.